The molecule has 0 amide bonds. The maximum atomic E-state index is 4.64. The average molecular weight is 393 g/mol. The Morgan fingerprint density at radius 1 is 0.458 bits per heavy atom. The normalized spacial score (nSPS) is 46.5. The van der Waals surface area contributed by atoms with Gasteiger partial charge < -0.3 is 21.8 Å². The Balaban J connectivity index is -0.000000310. The average Bonchev–Trinajstić information content (AvgIpc) is 2.81. The minimum absolute atomic E-state index is 0. The first-order valence-corrected chi connectivity index (χ1v) is 11.3. The van der Waals surface area contributed by atoms with Crippen molar-refractivity contribution in [2.45, 2.75) is 62.3 Å². The van der Waals surface area contributed by atoms with Crippen molar-refractivity contribution in [3.8, 4) is 0 Å². The van der Waals surface area contributed by atoms with E-state index < -0.39 is 0 Å². The predicted molar refractivity (Wildman–Crippen MR) is 110 cm³/mol. The topological polar surface area (TPSA) is 0 Å². The molecule has 0 saturated heterocycles. The summed E-state index contributed by atoms with van der Waals surface area (Å²) in [5.74, 6) is 8.75. The van der Waals surface area contributed by atoms with Crippen LogP contribution in [0.2, 0.25) is 0 Å². The third kappa shape index (κ3) is 6.62. The van der Waals surface area contributed by atoms with Crippen LogP contribution in [0.1, 0.15) is 62.3 Å². The molecule has 2 fully saturated rings. The van der Waals surface area contributed by atoms with Gasteiger partial charge in [0, 0.05) is 0 Å². The fourth-order valence-electron chi connectivity index (χ4n) is 4.61. The van der Waals surface area contributed by atoms with Gasteiger partial charge in [-0.05, 0) is 41.4 Å². The first-order valence-electron chi connectivity index (χ1n) is 9.13. The second-order valence-corrected chi connectivity index (χ2v) is 8.40. The van der Waals surface area contributed by atoms with Crippen LogP contribution in [0.3, 0.4) is 0 Å². The Morgan fingerprint density at radius 3 is 0.667 bits per heavy atom. The van der Waals surface area contributed by atoms with Gasteiger partial charge in [0.05, 0.1) is 0 Å². The zero-order chi connectivity index (χ0) is 17.8. The van der Waals surface area contributed by atoms with E-state index in [1.807, 2.05) is 0 Å². The van der Waals surface area contributed by atoms with Crippen molar-refractivity contribution in [1.29, 1.82) is 0 Å². The molecule has 2 aliphatic carbocycles. The van der Waals surface area contributed by atoms with Crippen LogP contribution in [0.25, 0.3) is 0 Å². The van der Waals surface area contributed by atoms with E-state index in [1.54, 1.807) is 0 Å². The van der Waals surface area contributed by atoms with E-state index in [9.17, 15) is 0 Å². The van der Waals surface area contributed by atoms with Crippen LogP contribution in [0, 0.1) is 81.0 Å². The van der Waals surface area contributed by atoms with Gasteiger partial charge in [-0.3, -0.25) is 0 Å². The summed E-state index contributed by atoms with van der Waals surface area (Å²) < 4.78 is 0. The molecular formula is C22H45ClTi. The summed E-state index contributed by atoms with van der Waals surface area (Å²) in [6, 6.07) is 0. The van der Waals surface area contributed by atoms with Crippen LogP contribution in [-0.2, 0) is 19.4 Å². The van der Waals surface area contributed by atoms with Crippen LogP contribution in [-0.4, -0.2) is 0 Å². The van der Waals surface area contributed by atoms with Crippen molar-refractivity contribution >= 4 is 9.30 Å². The SMILES string of the molecule is CC1C(C)C(C)C(C)C1C.[CH2-]C1C(C)C(C)C(C)C1C.[CH3-].[CH3-].[Cl][Ti+3]. The van der Waals surface area contributed by atoms with E-state index in [0.717, 1.165) is 53.3 Å². The molecule has 144 valence electrons. The fraction of sp³-hybridized carbons (Fsp3) is 0.864. The zero-order valence-corrected chi connectivity index (χ0v) is 20.7. The molecule has 2 aliphatic rings. The molecule has 0 spiro atoms. The summed E-state index contributed by atoms with van der Waals surface area (Å²) in [5, 5.41) is 0. The standard InChI is InChI=1S/C10H20.C10H19.2CH3.ClH.Ti/c2*1-6-7(2)9(4)10(5)8(6)3;;;;/h6-10H,1-5H3;6-10H,1H2,2-5H3;2*1H3;1H;/q;3*-1;;+4/p-1. The Kier molecular flexibility index (Phi) is 16.4. The Hall–Kier alpha value is 1.00. The third-order valence-corrected chi connectivity index (χ3v) is 7.99. The van der Waals surface area contributed by atoms with Gasteiger partial charge in [-0.1, -0.05) is 74.1 Å². The van der Waals surface area contributed by atoms with Gasteiger partial charge in [-0.15, -0.1) is 0 Å². The molecule has 0 aromatic rings. The van der Waals surface area contributed by atoms with E-state index in [2.05, 4.69) is 78.5 Å². The summed E-state index contributed by atoms with van der Waals surface area (Å²) in [6.45, 7) is 25.6. The molecule has 24 heavy (non-hydrogen) atoms. The summed E-state index contributed by atoms with van der Waals surface area (Å²) in [5.41, 5.74) is 0. The number of halogens is 1. The monoisotopic (exact) mass is 392 g/mol. The molecule has 2 saturated carbocycles. The van der Waals surface area contributed by atoms with Gasteiger partial charge in [0.15, 0.2) is 0 Å². The van der Waals surface area contributed by atoms with Crippen LogP contribution >= 0.6 is 9.30 Å². The van der Waals surface area contributed by atoms with E-state index in [0.29, 0.717) is 5.92 Å². The molecule has 0 heterocycles. The molecule has 0 radical (unpaired) electrons. The molecule has 2 rings (SSSR count). The van der Waals surface area contributed by atoms with E-state index in [1.165, 1.54) is 19.4 Å². The summed E-state index contributed by atoms with van der Waals surface area (Å²) >= 11 is 1.47. The van der Waals surface area contributed by atoms with Gasteiger partial charge in [-0.2, -0.15) is 5.92 Å². The van der Waals surface area contributed by atoms with Gasteiger partial charge in [0.1, 0.15) is 0 Å². The first kappa shape index (κ1) is 29.8. The summed E-state index contributed by atoms with van der Waals surface area (Å²) in [7, 11) is 4.64. The second-order valence-electron chi connectivity index (χ2n) is 8.40. The van der Waals surface area contributed by atoms with Gasteiger partial charge >= 0.3 is 28.7 Å². The van der Waals surface area contributed by atoms with Gasteiger partial charge in [0.2, 0.25) is 0 Å². The quantitative estimate of drug-likeness (QED) is 0.292. The van der Waals surface area contributed by atoms with E-state index in [4.69, 9.17) is 0 Å². The molecule has 0 N–H and O–H groups in total. The predicted octanol–water partition coefficient (Wildman–Crippen LogP) is 7.76. The first-order chi connectivity index (χ1) is 10.1. The van der Waals surface area contributed by atoms with Crippen LogP contribution in [0.5, 0.6) is 0 Å². The molecule has 0 nitrogen and oxygen atoms in total. The third-order valence-electron chi connectivity index (χ3n) is 7.99. The van der Waals surface area contributed by atoms with Crippen molar-refractivity contribution in [2.75, 3.05) is 0 Å². The minimum atomic E-state index is 0. The number of hydrogen-bond donors (Lipinski definition) is 0. The molecule has 0 aliphatic heterocycles. The van der Waals surface area contributed by atoms with Crippen LogP contribution in [0.4, 0.5) is 0 Å². The van der Waals surface area contributed by atoms with E-state index in [-0.39, 0.29) is 14.9 Å². The van der Waals surface area contributed by atoms with Crippen molar-refractivity contribution in [3.63, 3.8) is 0 Å². The Morgan fingerprint density at radius 2 is 0.583 bits per heavy atom. The second kappa shape index (κ2) is 13.2. The Bertz CT molecular complexity index is 187. The van der Waals surface area contributed by atoms with Crippen molar-refractivity contribution in [1.82, 2.24) is 0 Å². The molecule has 0 aromatic carbocycles. The zero-order valence-electron chi connectivity index (χ0n) is 18.4. The fourth-order valence-corrected chi connectivity index (χ4v) is 4.61. The number of rotatable bonds is 0. The molecule has 0 aromatic heterocycles. The molecular weight excluding hydrogens is 348 g/mol. The number of hydrogen-bond acceptors (Lipinski definition) is 0. The van der Waals surface area contributed by atoms with E-state index >= 15 is 0 Å². The Labute approximate surface area is 171 Å². The van der Waals surface area contributed by atoms with Crippen molar-refractivity contribution in [2.24, 2.45) is 59.2 Å². The summed E-state index contributed by atoms with van der Waals surface area (Å²) in [6.07, 6.45) is 0. The molecule has 0 bridgehead atoms. The molecule has 4 atom stereocenters. The summed E-state index contributed by atoms with van der Waals surface area (Å²) in [4.78, 5) is 0. The maximum absolute atomic E-state index is 4.64. The molecule has 4 unspecified atom stereocenters. The van der Waals surface area contributed by atoms with Crippen molar-refractivity contribution in [3.05, 3.63) is 21.8 Å². The van der Waals surface area contributed by atoms with Crippen LogP contribution in [0.15, 0.2) is 0 Å². The molecule has 2 heteroatoms. The van der Waals surface area contributed by atoms with Crippen molar-refractivity contribution < 1.29 is 19.4 Å². The van der Waals surface area contributed by atoms with Gasteiger partial charge in [0.25, 0.3) is 0 Å². The van der Waals surface area contributed by atoms with Crippen LogP contribution < -0.4 is 0 Å². The van der Waals surface area contributed by atoms with Gasteiger partial charge in [-0.25, -0.2) is 0 Å².